The van der Waals surface area contributed by atoms with Crippen LogP contribution >= 0.6 is 34.7 Å². The van der Waals surface area contributed by atoms with Gasteiger partial charge in [0.1, 0.15) is 5.15 Å². The van der Waals surface area contributed by atoms with Gasteiger partial charge in [-0.25, -0.2) is 14.5 Å². The maximum absolute atomic E-state index is 5.90. The molecule has 4 rings (SSSR count). The van der Waals surface area contributed by atoms with Crippen LogP contribution in [-0.4, -0.2) is 25.8 Å². The summed E-state index contributed by atoms with van der Waals surface area (Å²) in [6.45, 7) is 0. The molecule has 4 nitrogen and oxygen atoms in total. The van der Waals surface area contributed by atoms with Crippen LogP contribution in [0.3, 0.4) is 0 Å². The quantitative estimate of drug-likeness (QED) is 0.518. The number of halogens is 1. The van der Waals surface area contributed by atoms with Crippen molar-refractivity contribution in [1.82, 2.24) is 19.6 Å². The number of fused-ring (bicyclic) bond motifs is 2. The van der Waals surface area contributed by atoms with E-state index >= 15 is 0 Å². The third-order valence-corrected chi connectivity index (χ3v) is 5.54. The highest BCUT2D eigenvalue weighted by molar-refractivity contribution is 8.00. The Bertz CT molecular complexity index is 976. The summed E-state index contributed by atoms with van der Waals surface area (Å²) in [6.07, 6.45) is 4.74. The van der Waals surface area contributed by atoms with Crippen molar-refractivity contribution in [3.05, 3.63) is 52.9 Å². The molecule has 110 valence electrons. The molecule has 0 aliphatic carbocycles. The lowest BCUT2D eigenvalue weighted by molar-refractivity contribution is 0.933. The minimum Gasteiger partial charge on any atom is -0.232 e. The van der Waals surface area contributed by atoms with Crippen LogP contribution < -0.4 is 0 Å². The van der Waals surface area contributed by atoms with Gasteiger partial charge in [0.25, 0.3) is 0 Å². The zero-order valence-corrected chi connectivity index (χ0v) is 14.0. The fraction of sp³-hybridized carbons (Fsp3) is 0.133. The zero-order valence-electron chi connectivity index (χ0n) is 11.7. The molecular weight excluding hydrogens is 336 g/mol. The monoisotopic (exact) mass is 346 g/mol. The summed E-state index contributed by atoms with van der Waals surface area (Å²) in [6, 6.07) is 10.00. The number of hydrogen-bond donors (Lipinski definition) is 0. The predicted octanol–water partition coefficient (Wildman–Crippen LogP) is 4.31. The minimum absolute atomic E-state index is 0.465. The molecule has 0 atom stereocenters. The van der Waals surface area contributed by atoms with E-state index in [1.165, 1.54) is 10.3 Å². The maximum Gasteiger partial charge on any atom is 0.153 e. The Morgan fingerprint density at radius 3 is 3.00 bits per heavy atom. The van der Waals surface area contributed by atoms with Crippen molar-refractivity contribution < 1.29 is 0 Å². The first kappa shape index (κ1) is 14.0. The lowest BCUT2D eigenvalue weighted by Crippen LogP contribution is -1.88. The molecule has 3 aromatic heterocycles. The largest absolute Gasteiger partial charge is 0.232 e. The molecule has 7 heteroatoms. The first-order valence-corrected chi connectivity index (χ1v) is 9.07. The molecule has 0 radical (unpaired) electrons. The second-order valence-corrected chi connectivity index (χ2v) is 7.33. The smallest absolute Gasteiger partial charge is 0.153 e. The first-order chi connectivity index (χ1) is 10.7. The third-order valence-electron chi connectivity index (χ3n) is 3.33. The van der Waals surface area contributed by atoms with Gasteiger partial charge >= 0.3 is 0 Å². The molecule has 3 heterocycles. The molecule has 0 saturated heterocycles. The topological polar surface area (TPSA) is 43.1 Å². The first-order valence-electron chi connectivity index (χ1n) is 6.65. The number of thiazole rings is 1. The van der Waals surface area contributed by atoms with Gasteiger partial charge in [0.15, 0.2) is 9.99 Å². The number of aromatic nitrogens is 4. The Balaban J connectivity index is 1.68. The van der Waals surface area contributed by atoms with E-state index in [0.717, 1.165) is 27.6 Å². The summed E-state index contributed by atoms with van der Waals surface area (Å²) in [5, 5.41) is 4.68. The van der Waals surface area contributed by atoms with Crippen molar-refractivity contribution in [3.8, 4) is 0 Å². The average molecular weight is 347 g/mol. The van der Waals surface area contributed by atoms with Crippen molar-refractivity contribution in [2.24, 2.45) is 0 Å². The van der Waals surface area contributed by atoms with Gasteiger partial charge in [-0.05, 0) is 36.1 Å². The predicted molar refractivity (Wildman–Crippen MR) is 92.2 cm³/mol. The Morgan fingerprint density at radius 2 is 2.14 bits per heavy atom. The highest BCUT2D eigenvalue weighted by Gasteiger charge is 2.07. The van der Waals surface area contributed by atoms with Gasteiger partial charge in [-0.15, -0.1) is 11.3 Å². The van der Waals surface area contributed by atoms with Crippen molar-refractivity contribution in [3.63, 3.8) is 0 Å². The van der Waals surface area contributed by atoms with E-state index in [9.17, 15) is 0 Å². The van der Waals surface area contributed by atoms with E-state index in [0.29, 0.717) is 5.15 Å². The second kappa shape index (κ2) is 5.53. The van der Waals surface area contributed by atoms with Crippen LogP contribution in [0.25, 0.3) is 15.9 Å². The van der Waals surface area contributed by atoms with Crippen LogP contribution in [0.5, 0.6) is 0 Å². The number of benzene rings is 1. The van der Waals surface area contributed by atoms with Crippen molar-refractivity contribution in [2.75, 3.05) is 6.26 Å². The van der Waals surface area contributed by atoms with Gasteiger partial charge in [-0.3, -0.25) is 0 Å². The summed E-state index contributed by atoms with van der Waals surface area (Å²) in [5.74, 6) is 0. The fourth-order valence-corrected chi connectivity index (χ4v) is 4.04. The van der Waals surface area contributed by atoms with E-state index < -0.39 is 0 Å². The molecule has 0 fully saturated rings. The number of thioether (sulfide) groups is 1. The number of nitrogens with zero attached hydrogens (tertiary/aromatic N) is 4. The van der Waals surface area contributed by atoms with Gasteiger partial charge < -0.3 is 0 Å². The van der Waals surface area contributed by atoms with Crippen molar-refractivity contribution in [2.45, 2.75) is 10.8 Å². The molecule has 0 amide bonds. The molecule has 0 spiro atoms. The molecule has 0 aliphatic rings. The minimum atomic E-state index is 0.465. The molecule has 4 aromatic rings. The van der Waals surface area contributed by atoms with Gasteiger partial charge in [-0.1, -0.05) is 29.4 Å². The van der Waals surface area contributed by atoms with Crippen LogP contribution in [-0.2, 0) is 6.42 Å². The Morgan fingerprint density at radius 1 is 1.23 bits per heavy atom. The molecule has 0 bridgehead atoms. The summed E-state index contributed by atoms with van der Waals surface area (Å²) >= 11 is 9.31. The molecule has 0 aliphatic heterocycles. The lowest BCUT2D eigenvalue weighted by atomic mass is 10.1. The average Bonchev–Trinajstić information content (AvgIpc) is 3.09. The molecular formula is C15H11ClN4S2. The zero-order chi connectivity index (χ0) is 15.1. The summed E-state index contributed by atoms with van der Waals surface area (Å²) in [5.41, 5.74) is 4.06. The standard InChI is InChI=1S/C15H11ClN4S2/c1-21-15-18-11-3-2-9(7-12(11)22-15)6-10-8-20-14(17-10)5-4-13(16)19-20/h2-5,7-8H,6H2,1H3. The van der Waals surface area contributed by atoms with E-state index in [-0.39, 0.29) is 0 Å². The van der Waals surface area contributed by atoms with Crippen molar-refractivity contribution >= 4 is 50.6 Å². The lowest BCUT2D eigenvalue weighted by Gasteiger charge is -1.97. The molecule has 0 unspecified atom stereocenters. The van der Waals surface area contributed by atoms with Crippen molar-refractivity contribution in [1.29, 1.82) is 0 Å². The summed E-state index contributed by atoms with van der Waals surface area (Å²) in [4.78, 5) is 9.14. The van der Waals surface area contributed by atoms with Crippen LogP contribution in [0, 0.1) is 0 Å². The van der Waals surface area contributed by atoms with Gasteiger partial charge in [0, 0.05) is 6.42 Å². The summed E-state index contributed by atoms with van der Waals surface area (Å²) < 4.78 is 4.03. The third kappa shape index (κ3) is 2.58. The van der Waals surface area contributed by atoms with E-state index in [1.54, 1.807) is 33.7 Å². The van der Waals surface area contributed by atoms with Gasteiger partial charge in [0.2, 0.25) is 0 Å². The molecule has 1 aromatic carbocycles. The van der Waals surface area contributed by atoms with Crippen LogP contribution in [0.4, 0.5) is 0 Å². The van der Waals surface area contributed by atoms with E-state index in [2.05, 4.69) is 33.3 Å². The highest BCUT2D eigenvalue weighted by atomic mass is 35.5. The van der Waals surface area contributed by atoms with Crippen LogP contribution in [0.15, 0.2) is 40.9 Å². The van der Waals surface area contributed by atoms with Gasteiger partial charge in [0.05, 0.1) is 22.1 Å². The Labute approximate surface area is 140 Å². The summed E-state index contributed by atoms with van der Waals surface area (Å²) in [7, 11) is 0. The number of rotatable bonds is 3. The van der Waals surface area contributed by atoms with Crippen LogP contribution in [0.2, 0.25) is 5.15 Å². The maximum atomic E-state index is 5.90. The highest BCUT2D eigenvalue weighted by Crippen LogP contribution is 2.29. The SMILES string of the molecule is CSc1nc2ccc(Cc3cn4nc(Cl)ccc4n3)cc2s1. The molecule has 0 N–H and O–H groups in total. The normalized spacial score (nSPS) is 11.5. The van der Waals surface area contributed by atoms with E-state index in [1.807, 2.05) is 18.5 Å². The number of imidazole rings is 1. The van der Waals surface area contributed by atoms with Crippen LogP contribution in [0.1, 0.15) is 11.3 Å². The molecule has 0 saturated carbocycles. The molecule has 22 heavy (non-hydrogen) atoms. The second-order valence-electron chi connectivity index (χ2n) is 4.85. The van der Waals surface area contributed by atoms with Gasteiger partial charge in [-0.2, -0.15) is 5.10 Å². The number of hydrogen-bond acceptors (Lipinski definition) is 5. The van der Waals surface area contributed by atoms with E-state index in [4.69, 9.17) is 11.6 Å². The fourth-order valence-electron chi connectivity index (χ4n) is 2.35. The Hall–Kier alpha value is -1.63. The Kier molecular flexibility index (Phi) is 3.52.